The maximum absolute atomic E-state index is 11.2. The SMILES string of the molecule is CCCCOCCNc1c(Cl)cc([N+](=O)[O-])cc1C(=O)O. The van der Waals surface area contributed by atoms with Gasteiger partial charge < -0.3 is 15.2 Å². The Hall–Kier alpha value is -1.86. The highest BCUT2D eigenvalue weighted by Gasteiger charge is 2.19. The number of carboxylic acids is 1. The van der Waals surface area contributed by atoms with Crippen LogP contribution in [0.15, 0.2) is 12.1 Å². The zero-order valence-electron chi connectivity index (χ0n) is 11.6. The Kier molecular flexibility index (Phi) is 6.90. The fraction of sp³-hybridized carbons (Fsp3) is 0.462. The minimum Gasteiger partial charge on any atom is -0.478 e. The van der Waals surface area contributed by atoms with Gasteiger partial charge in [0.1, 0.15) is 0 Å². The first-order chi connectivity index (χ1) is 9.97. The molecule has 0 fully saturated rings. The number of non-ortho nitro benzene ring substituents is 1. The van der Waals surface area contributed by atoms with Crippen molar-refractivity contribution in [3.8, 4) is 0 Å². The summed E-state index contributed by atoms with van der Waals surface area (Å²) in [7, 11) is 0. The monoisotopic (exact) mass is 316 g/mol. The number of unbranched alkanes of at least 4 members (excludes halogenated alkanes) is 1. The van der Waals surface area contributed by atoms with Crippen molar-refractivity contribution in [1.82, 2.24) is 0 Å². The van der Waals surface area contributed by atoms with Crippen LogP contribution in [0, 0.1) is 10.1 Å². The third-order valence-electron chi connectivity index (χ3n) is 2.71. The molecule has 1 rings (SSSR count). The van der Waals surface area contributed by atoms with E-state index in [1.165, 1.54) is 0 Å². The highest BCUT2D eigenvalue weighted by molar-refractivity contribution is 6.34. The molecule has 0 heterocycles. The van der Waals surface area contributed by atoms with Crippen LogP contribution < -0.4 is 5.32 Å². The van der Waals surface area contributed by atoms with Gasteiger partial charge in [0.2, 0.25) is 0 Å². The Balaban J connectivity index is 2.76. The lowest BCUT2D eigenvalue weighted by atomic mass is 10.1. The number of carboxylic acid groups (broad SMARTS) is 1. The number of hydrogen-bond donors (Lipinski definition) is 2. The molecule has 116 valence electrons. The van der Waals surface area contributed by atoms with Crippen molar-refractivity contribution in [3.63, 3.8) is 0 Å². The molecule has 2 N–H and O–H groups in total. The van der Waals surface area contributed by atoms with E-state index in [-0.39, 0.29) is 22.0 Å². The number of halogens is 1. The largest absolute Gasteiger partial charge is 0.478 e. The minimum absolute atomic E-state index is 0.00448. The van der Waals surface area contributed by atoms with Crippen LogP contribution >= 0.6 is 11.6 Å². The number of carbonyl (C=O) groups is 1. The number of nitro groups is 1. The van der Waals surface area contributed by atoms with Gasteiger partial charge in [0, 0.05) is 25.3 Å². The summed E-state index contributed by atoms with van der Waals surface area (Å²) in [5.41, 5.74) is -0.432. The molecule has 0 aliphatic heterocycles. The first-order valence-corrected chi connectivity index (χ1v) is 6.88. The van der Waals surface area contributed by atoms with Crippen molar-refractivity contribution < 1.29 is 19.6 Å². The molecule has 0 atom stereocenters. The van der Waals surface area contributed by atoms with Gasteiger partial charge in [0.15, 0.2) is 0 Å². The molecular weight excluding hydrogens is 300 g/mol. The number of hydrogen-bond acceptors (Lipinski definition) is 5. The molecule has 0 aliphatic rings. The molecule has 0 aliphatic carbocycles. The average Bonchev–Trinajstić information content (AvgIpc) is 2.43. The third kappa shape index (κ3) is 5.20. The zero-order valence-corrected chi connectivity index (χ0v) is 12.4. The summed E-state index contributed by atoms with van der Waals surface area (Å²) in [4.78, 5) is 21.2. The van der Waals surface area contributed by atoms with Gasteiger partial charge in [0.05, 0.1) is 27.8 Å². The molecule has 7 nitrogen and oxygen atoms in total. The summed E-state index contributed by atoms with van der Waals surface area (Å²) in [5, 5.41) is 22.7. The predicted molar refractivity (Wildman–Crippen MR) is 79.3 cm³/mol. The molecule has 0 aromatic heterocycles. The number of nitro benzene ring substituents is 1. The number of benzene rings is 1. The molecule has 0 saturated heterocycles. The van der Waals surface area contributed by atoms with Crippen molar-refractivity contribution in [1.29, 1.82) is 0 Å². The van der Waals surface area contributed by atoms with E-state index >= 15 is 0 Å². The van der Waals surface area contributed by atoms with Crippen LogP contribution in [0.1, 0.15) is 30.1 Å². The smallest absolute Gasteiger partial charge is 0.338 e. The topological polar surface area (TPSA) is 102 Å². The first-order valence-electron chi connectivity index (χ1n) is 6.50. The second-order valence-electron chi connectivity index (χ2n) is 4.31. The number of nitrogens with zero attached hydrogens (tertiary/aromatic N) is 1. The number of aromatic carboxylic acids is 1. The van der Waals surface area contributed by atoms with Gasteiger partial charge in [-0.25, -0.2) is 4.79 Å². The lowest BCUT2D eigenvalue weighted by Crippen LogP contribution is -2.13. The Morgan fingerprint density at radius 3 is 2.76 bits per heavy atom. The van der Waals surface area contributed by atoms with Crippen molar-refractivity contribution in [2.75, 3.05) is 25.1 Å². The van der Waals surface area contributed by atoms with E-state index in [0.717, 1.165) is 25.0 Å². The second-order valence-corrected chi connectivity index (χ2v) is 4.71. The van der Waals surface area contributed by atoms with E-state index in [1.807, 2.05) is 0 Å². The number of rotatable bonds is 9. The van der Waals surface area contributed by atoms with E-state index < -0.39 is 10.9 Å². The molecule has 21 heavy (non-hydrogen) atoms. The van der Waals surface area contributed by atoms with Gasteiger partial charge in [-0.15, -0.1) is 0 Å². The molecule has 1 aromatic rings. The van der Waals surface area contributed by atoms with Crippen molar-refractivity contribution >= 4 is 28.9 Å². The second kappa shape index (κ2) is 8.43. The van der Waals surface area contributed by atoms with Crippen molar-refractivity contribution in [2.24, 2.45) is 0 Å². The Morgan fingerprint density at radius 1 is 1.48 bits per heavy atom. The summed E-state index contributed by atoms with van der Waals surface area (Å²) >= 11 is 5.91. The van der Waals surface area contributed by atoms with Crippen LogP contribution in [0.2, 0.25) is 5.02 Å². The molecular formula is C13H17ClN2O5. The van der Waals surface area contributed by atoms with Crippen LogP contribution in [0.25, 0.3) is 0 Å². The number of anilines is 1. The van der Waals surface area contributed by atoms with E-state index in [4.69, 9.17) is 21.4 Å². The van der Waals surface area contributed by atoms with E-state index in [2.05, 4.69) is 12.2 Å². The number of ether oxygens (including phenoxy) is 1. The van der Waals surface area contributed by atoms with Gasteiger partial charge in [-0.05, 0) is 6.42 Å². The summed E-state index contributed by atoms with van der Waals surface area (Å²) < 4.78 is 5.34. The quantitative estimate of drug-likeness (QED) is 0.412. The minimum atomic E-state index is -1.28. The average molecular weight is 317 g/mol. The van der Waals surface area contributed by atoms with Crippen LogP contribution in [0.3, 0.4) is 0 Å². The molecule has 1 aromatic carbocycles. The normalized spacial score (nSPS) is 10.4. The lowest BCUT2D eigenvalue weighted by Gasteiger charge is -2.11. The Morgan fingerprint density at radius 2 is 2.19 bits per heavy atom. The molecule has 0 spiro atoms. The number of nitrogens with one attached hydrogen (secondary N) is 1. The molecule has 0 radical (unpaired) electrons. The molecule has 0 amide bonds. The summed E-state index contributed by atoms with van der Waals surface area (Å²) in [6, 6.07) is 2.10. The van der Waals surface area contributed by atoms with Crippen LogP contribution in [0.5, 0.6) is 0 Å². The molecule has 0 unspecified atom stereocenters. The van der Waals surface area contributed by atoms with E-state index in [0.29, 0.717) is 19.8 Å². The van der Waals surface area contributed by atoms with Gasteiger partial charge in [-0.3, -0.25) is 10.1 Å². The highest BCUT2D eigenvalue weighted by atomic mass is 35.5. The standard InChI is InChI=1S/C13H17ClN2O5/c1-2-3-5-21-6-4-15-12-10(13(17)18)7-9(16(19)20)8-11(12)14/h7-8,15H,2-6H2,1H3,(H,17,18). The Bertz CT molecular complexity index is 522. The summed E-state index contributed by atoms with van der Waals surface area (Å²) in [6.07, 6.45) is 1.99. The fourth-order valence-electron chi connectivity index (χ4n) is 1.64. The predicted octanol–water partition coefficient (Wildman–Crippen LogP) is 3.18. The van der Waals surface area contributed by atoms with Crippen molar-refractivity contribution in [2.45, 2.75) is 19.8 Å². The van der Waals surface area contributed by atoms with Crippen LogP contribution in [0.4, 0.5) is 11.4 Å². The van der Waals surface area contributed by atoms with Crippen LogP contribution in [-0.2, 0) is 4.74 Å². The Labute approximate surface area is 127 Å². The fourth-order valence-corrected chi connectivity index (χ4v) is 1.92. The van der Waals surface area contributed by atoms with E-state index in [9.17, 15) is 14.9 Å². The van der Waals surface area contributed by atoms with Gasteiger partial charge >= 0.3 is 5.97 Å². The van der Waals surface area contributed by atoms with Crippen LogP contribution in [-0.4, -0.2) is 35.8 Å². The maximum Gasteiger partial charge on any atom is 0.338 e. The van der Waals surface area contributed by atoms with Gasteiger partial charge in [-0.1, -0.05) is 24.9 Å². The summed E-state index contributed by atoms with van der Waals surface area (Å²) in [6.45, 7) is 3.45. The molecule has 0 saturated carbocycles. The maximum atomic E-state index is 11.2. The first kappa shape index (κ1) is 17.2. The lowest BCUT2D eigenvalue weighted by molar-refractivity contribution is -0.384. The zero-order chi connectivity index (χ0) is 15.8. The van der Waals surface area contributed by atoms with Gasteiger partial charge in [0.25, 0.3) is 5.69 Å². The molecule has 0 bridgehead atoms. The summed E-state index contributed by atoms with van der Waals surface area (Å²) in [5.74, 6) is -1.28. The third-order valence-corrected chi connectivity index (χ3v) is 3.00. The highest BCUT2D eigenvalue weighted by Crippen LogP contribution is 2.31. The van der Waals surface area contributed by atoms with E-state index in [1.54, 1.807) is 0 Å². The van der Waals surface area contributed by atoms with Crippen molar-refractivity contribution in [3.05, 3.63) is 32.8 Å². The molecule has 8 heteroatoms. The van der Waals surface area contributed by atoms with Gasteiger partial charge in [-0.2, -0.15) is 0 Å².